The lowest BCUT2D eigenvalue weighted by Crippen LogP contribution is -2.06. The summed E-state index contributed by atoms with van der Waals surface area (Å²) in [6, 6.07) is 22.7. The van der Waals surface area contributed by atoms with Crippen LogP contribution in [-0.4, -0.2) is 12.9 Å². The van der Waals surface area contributed by atoms with Gasteiger partial charge in [0.25, 0.3) is 0 Å². The van der Waals surface area contributed by atoms with Crippen molar-refractivity contribution in [1.82, 2.24) is 0 Å². The van der Waals surface area contributed by atoms with Gasteiger partial charge >= 0.3 is 0 Å². The smallest absolute Gasteiger partial charge is 0.130 e. The molecule has 3 rings (SSSR count). The number of Topliss-reactive ketones (excluding diaryl/α,β-unsaturated/α-hetero) is 1. The summed E-state index contributed by atoms with van der Waals surface area (Å²) in [5.41, 5.74) is 2.27. The van der Waals surface area contributed by atoms with Crippen LogP contribution in [0.4, 0.5) is 0 Å². The van der Waals surface area contributed by atoms with Gasteiger partial charge in [-0.2, -0.15) is 0 Å². The van der Waals surface area contributed by atoms with Gasteiger partial charge in [-0.15, -0.1) is 0 Å². The summed E-state index contributed by atoms with van der Waals surface area (Å²) in [7, 11) is 1.66. The number of fused-ring (bicyclic) bond motifs is 1. The molecule has 0 aliphatic heterocycles. The quantitative estimate of drug-likeness (QED) is 0.666. The number of ether oxygens (including phenoxy) is 1. The molecule has 2 nitrogen and oxygen atoms in total. The maximum absolute atomic E-state index is 11.8. The maximum atomic E-state index is 11.8. The summed E-state index contributed by atoms with van der Waals surface area (Å²) < 4.78 is 5.33. The minimum atomic E-state index is 0.0483. The Kier molecular flexibility index (Phi) is 4.42. The molecule has 0 aliphatic carbocycles. The van der Waals surface area contributed by atoms with Crippen LogP contribution in [0.25, 0.3) is 10.8 Å². The number of carbonyl (C=O) groups is 1. The summed E-state index contributed by atoms with van der Waals surface area (Å²) in [4.78, 5) is 11.8. The first-order valence-corrected chi connectivity index (χ1v) is 7.79. The molecule has 2 heteroatoms. The van der Waals surface area contributed by atoms with Crippen molar-refractivity contribution in [1.29, 1.82) is 0 Å². The van der Waals surface area contributed by atoms with Crippen LogP contribution in [0.15, 0.2) is 66.7 Å². The molecule has 0 heterocycles. The monoisotopic (exact) mass is 304 g/mol. The topological polar surface area (TPSA) is 26.3 Å². The number of benzene rings is 3. The summed E-state index contributed by atoms with van der Waals surface area (Å²) in [5.74, 6) is 1.05. The molecule has 0 aliphatic rings. The van der Waals surface area contributed by atoms with Crippen molar-refractivity contribution in [3.8, 4) is 5.75 Å². The van der Waals surface area contributed by atoms with Crippen LogP contribution in [-0.2, 0) is 4.79 Å². The highest BCUT2D eigenvalue weighted by Crippen LogP contribution is 2.32. The van der Waals surface area contributed by atoms with Crippen LogP contribution in [0.2, 0.25) is 0 Å². The number of rotatable bonds is 5. The summed E-state index contributed by atoms with van der Waals surface area (Å²) in [6.07, 6.45) is 0.492. The molecule has 0 aromatic heterocycles. The van der Waals surface area contributed by atoms with Crippen molar-refractivity contribution in [3.63, 3.8) is 0 Å². The molecular formula is C21H20O2. The van der Waals surface area contributed by atoms with E-state index >= 15 is 0 Å². The summed E-state index contributed by atoms with van der Waals surface area (Å²) >= 11 is 0. The number of hydrogen-bond acceptors (Lipinski definition) is 2. The van der Waals surface area contributed by atoms with Crippen LogP contribution in [0.5, 0.6) is 5.75 Å². The molecule has 0 N–H and O–H groups in total. The molecule has 0 bridgehead atoms. The number of methoxy groups -OCH3 is 1. The van der Waals surface area contributed by atoms with E-state index in [9.17, 15) is 4.79 Å². The Hall–Kier alpha value is -2.61. The van der Waals surface area contributed by atoms with E-state index in [2.05, 4.69) is 36.4 Å². The van der Waals surface area contributed by atoms with Crippen LogP contribution in [0, 0.1) is 0 Å². The first-order valence-electron chi connectivity index (χ1n) is 7.79. The molecule has 3 aromatic carbocycles. The molecule has 0 amide bonds. The van der Waals surface area contributed by atoms with E-state index < -0.39 is 0 Å². The van der Waals surface area contributed by atoms with Crippen molar-refractivity contribution >= 4 is 16.6 Å². The lowest BCUT2D eigenvalue weighted by Gasteiger charge is -2.18. The van der Waals surface area contributed by atoms with E-state index in [1.165, 1.54) is 10.8 Å². The van der Waals surface area contributed by atoms with Crippen molar-refractivity contribution in [2.24, 2.45) is 0 Å². The van der Waals surface area contributed by atoms with Crippen molar-refractivity contribution in [2.45, 2.75) is 19.3 Å². The fraction of sp³-hybridized carbons (Fsp3) is 0.190. The molecule has 1 unspecified atom stereocenters. The SMILES string of the molecule is COc1cccc(C(CC(C)=O)c2ccc3ccccc3c2)c1. The lowest BCUT2D eigenvalue weighted by atomic mass is 9.86. The Balaban J connectivity index is 2.07. The Bertz CT molecular complexity index is 836. The zero-order valence-electron chi connectivity index (χ0n) is 13.5. The van der Waals surface area contributed by atoms with E-state index in [0.29, 0.717) is 6.42 Å². The van der Waals surface area contributed by atoms with E-state index in [1.807, 2.05) is 30.3 Å². The van der Waals surface area contributed by atoms with Gasteiger partial charge in [-0.1, -0.05) is 54.6 Å². The second-order valence-corrected chi connectivity index (χ2v) is 5.84. The highest BCUT2D eigenvalue weighted by atomic mass is 16.5. The molecule has 0 radical (unpaired) electrons. The van der Waals surface area contributed by atoms with Gasteiger partial charge in [0.1, 0.15) is 11.5 Å². The number of ketones is 1. The van der Waals surface area contributed by atoms with E-state index in [0.717, 1.165) is 16.9 Å². The van der Waals surface area contributed by atoms with Crippen molar-refractivity contribution in [3.05, 3.63) is 77.9 Å². The molecule has 23 heavy (non-hydrogen) atoms. The van der Waals surface area contributed by atoms with Gasteiger partial charge in [0.2, 0.25) is 0 Å². The minimum Gasteiger partial charge on any atom is -0.497 e. The predicted octanol–water partition coefficient (Wildman–Crippen LogP) is 4.96. The van der Waals surface area contributed by atoms with Crippen LogP contribution in [0.3, 0.4) is 0 Å². The van der Waals surface area contributed by atoms with Gasteiger partial charge < -0.3 is 4.74 Å². The molecule has 0 saturated carbocycles. The van der Waals surface area contributed by atoms with Crippen LogP contribution < -0.4 is 4.74 Å². The number of carbonyl (C=O) groups excluding carboxylic acids is 1. The van der Waals surface area contributed by atoms with Gasteiger partial charge in [0, 0.05) is 12.3 Å². The number of hydrogen-bond donors (Lipinski definition) is 0. The summed E-state index contributed by atoms with van der Waals surface area (Å²) in [5, 5.41) is 2.41. The first-order chi connectivity index (χ1) is 11.2. The van der Waals surface area contributed by atoms with Crippen molar-refractivity contribution < 1.29 is 9.53 Å². The van der Waals surface area contributed by atoms with Gasteiger partial charge in [-0.3, -0.25) is 4.79 Å². The third-order valence-electron chi connectivity index (χ3n) is 4.16. The standard InChI is InChI=1S/C21H20O2/c1-15(22)12-21(18-8-5-9-20(14-18)23-2)19-11-10-16-6-3-4-7-17(16)13-19/h3-11,13-14,21H,12H2,1-2H3. The predicted molar refractivity (Wildman–Crippen MR) is 94.1 cm³/mol. The van der Waals surface area contributed by atoms with Gasteiger partial charge in [-0.25, -0.2) is 0 Å². The van der Waals surface area contributed by atoms with E-state index in [-0.39, 0.29) is 11.7 Å². The van der Waals surface area contributed by atoms with Gasteiger partial charge in [0.15, 0.2) is 0 Å². The third kappa shape index (κ3) is 3.42. The van der Waals surface area contributed by atoms with Crippen LogP contribution in [0.1, 0.15) is 30.4 Å². The average Bonchev–Trinajstić information content (AvgIpc) is 2.59. The van der Waals surface area contributed by atoms with Crippen molar-refractivity contribution in [2.75, 3.05) is 7.11 Å². The van der Waals surface area contributed by atoms with Gasteiger partial charge in [0.05, 0.1) is 7.11 Å². The normalized spacial score (nSPS) is 12.1. The zero-order chi connectivity index (χ0) is 16.2. The molecule has 1 atom stereocenters. The fourth-order valence-electron chi connectivity index (χ4n) is 3.00. The highest BCUT2D eigenvalue weighted by molar-refractivity contribution is 5.84. The largest absolute Gasteiger partial charge is 0.497 e. The Morgan fingerprint density at radius 2 is 1.65 bits per heavy atom. The van der Waals surface area contributed by atoms with Gasteiger partial charge in [-0.05, 0) is 41.0 Å². The zero-order valence-corrected chi connectivity index (χ0v) is 13.5. The molecule has 0 fully saturated rings. The van der Waals surface area contributed by atoms with E-state index in [1.54, 1.807) is 14.0 Å². The first kappa shape index (κ1) is 15.3. The fourth-order valence-corrected chi connectivity index (χ4v) is 3.00. The second kappa shape index (κ2) is 6.66. The molecule has 0 saturated heterocycles. The minimum absolute atomic E-state index is 0.0483. The Morgan fingerprint density at radius 1 is 0.913 bits per heavy atom. The Labute approximate surface area is 136 Å². The molecule has 0 spiro atoms. The molecule has 116 valence electrons. The molecule has 3 aromatic rings. The lowest BCUT2D eigenvalue weighted by molar-refractivity contribution is -0.117. The maximum Gasteiger partial charge on any atom is 0.130 e. The average molecular weight is 304 g/mol. The van der Waals surface area contributed by atoms with E-state index in [4.69, 9.17) is 4.74 Å². The highest BCUT2D eigenvalue weighted by Gasteiger charge is 2.17. The summed E-state index contributed by atoms with van der Waals surface area (Å²) in [6.45, 7) is 1.65. The van der Waals surface area contributed by atoms with Crippen LogP contribution >= 0.6 is 0 Å². The second-order valence-electron chi connectivity index (χ2n) is 5.84. The third-order valence-corrected chi connectivity index (χ3v) is 4.16. The molecular weight excluding hydrogens is 284 g/mol. The Morgan fingerprint density at radius 3 is 2.39 bits per heavy atom.